The van der Waals surface area contributed by atoms with Gasteiger partial charge < -0.3 is 10.1 Å². The third kappa shape index (κ3) is 4.23. The molecular formula is C19H22N6OS. The quantitative estimate of drug-likeness (QED) is 0.696. The van der Waals surface area contributed by atoms with E-state index in [2.05, 4.69) is 37.5 Å². The summed E-state index contributed by atoms with van der Waals surface area (Å²) in [4.78, 5) is 11.6. The predicted octanol–water partition coefficient (Wildman–Crippen LogP) is 3.73. The maximum absolute atomic E-state index is 5.35. The Labute approximate surface area is 162 Å². The highest BCUT2D eigenvalue weighted by molar-refractivity contribution is 7.15. The van der Waals surface area contributed by atoms with Crippen LogP contribution >= 0.6 is 11.3 Å². The van der Waals surface area contributed by atoms with E-state index in [1.807, 2.05) is 25.3 Å². The molecule has 1 N–H and O–H groups in total. The van der Waals surface area contributed by atoms with E-state index in [-0.39, 0.29) is 6.04 Å². The fourth-order valence-corrected chi connectivity index (χ4v) is 4.01. The van der Waals surface area contributed by atoms with Crippen LogP contribution in [0, 0.1) is 6.92 Å². The predicted molar refractivity (Wildman–Crippen MR) is 105 cm³/mol. The van der Waals surface area contributed by atoms with Gasteiger partial charge in [0.15, 0.2) is 5.82 Å². The van der Waals surface area contributed by atoms with Gasteiger partial charge in [-0.1, -0.05) is 23.5 Å². The molecule has 0 amide bonds. The number of rotatable bonds is 6. The topological polar surface area (TPSA) is 76.1 Å². The molecule has 1 unspecified atom stereocenters. The van der Waals surface area contributed by atoms with E-state index in [0.29, 0.717) is 5.82 Å². The summed E-state index contributed by atoms with van der Waals surface area (Å²) in [5.41, 5.74) is 2.23. The van der Waals surface area contributed by atoms with Gasteiger partial charge in [0.05, 0.1) is 31.2 Å². The minimum Gasteiger partial charge on any atom is -0.497 e. The SMILES string of the molecule is COc1cccc(CN2CCCC2c2cncc(Nc3nnc(C)s3)n2)c1. The number of likely N-dealkylation sites (tertiary alicyclic amines) is 1. The summed E-state index contributed by atoms with van der Waals surface area (Å²) in [6.07, 6.45) is 5.83. The van der Waals surface area contributed by atoms with Gasteiger partial charge in [0, 0.05) is 6.54 Å². The molecule has 0 spiro atoms. The molecule has 1 aliphatic rings. The van der Waals surface area contributed by atoms with E-state index in [1.165, 1.54) is 16.9 Å². The monoisotopic (exact) mass is 382 g/mol. The lowest BCUT2D eigenvalue weighted by Crippen LogP contribution is -2.23. The normalized spacial score (nSPS) is 17.2. The van der Waals surface area contributed by atoms with Crippen molar-refractivity contribution in [2.45, 2.75) is 32.4 Å². The molecule has 7 nitrogen and oxygen atoms in total. The first-order valence-corrected chi connectivity index (χ1v) is 9.79. The second-order valence-corrected chi connectivity index (χ2v) is 7.74. The van der Waals surface area contributed by atoms with E-state index in [1.54, 1.807) is 13.3 Å². The van der Waals surface area contributed by atoms with Crippen molar-refractivity contribution >= 4 is 22.3 Å². The van der Waals surface area contributed by atoms with Gasteiger partial charge in [-0.3, -0.25) is 9.88 Å². The van der Waals surface area contributed by atoms with Gasteiger partial charge >= 0.3 is 0 Å². The number of aromatic nitrogens is 4. The van der Waals surface area contributed by atoms with Gasteiger partial charge in [-0.15, -0.1) is 10.2 Å². The summed E-state index contributed by atoms with van der Waals surface area (Å²) >= 11 is 1.50. The first-order valence-electron chi connectivity index (χ1n) is 8.97. The van der Waals surface area contributed by atoms with Crippen LogP contribution in [0.2, 0.25) is 0 Å². The Morgan fingerprint density at radius 1 is 1.30 bits per heavy atom. The Bertz CT molecular complexity index is 914. The van der Waals surface area contributed by atoms with Gasteiger partial charge in [0.1, 0.15) is 10.8 Å². The summed E-state index contributed by atoms with van der Waals surface area (Å²) in [6.45, 7) is 3.85. The molecule has 2 aromatic heterocycles. The summed E-state index contributed by atoms with van der Waals surface area (Å²) in [7, 11) is 1.70. The minimum absolute atomic E-state index is 0.265. The second-order valence-electron chi connectivity index (χ2n) is 6.56. The third-order valence-electron chi connectivity index (χ3n) is 4.64. The van der Waals surface area contributed by atoms with Crippen LogP contribution in [-0.2, 0) is 6.54 Å². The lowest BCUT2D eigenvalue weighted by atomic mass is 10.1. The van der Waals surface area contributed by atoms with E-state index in [0.717, 1.165) is 47.5 Å². The molecular weight excluding hydrogens is 360 g/mol. The number of hydrogen-bond donors (Lipinski definition) is 1. The minimum atomic E-state index is 0.265. The summed E-state index contributed by atoms with van der Waals surface area (Å²) in [5, 5.41) is 13.0. The molecule has 1 fully saturated rings. The van der Waals surface area contributed by atoms with Crippen molar-refractivity contribution in [3.05, 3.63) is 52.9 Å². The van der Waals surface area contributed by atoms with Crippen molar-refractivity contribution in [1.29, 1.82) is 0 Å². The van der Waals surface area contributed by atoms with Crippen molar-refractivity contribution in [2.75, 3.05) is 19.0 Å². The Hall–Kier alpha value is -2.58. The Morgan fingerprint density at radius 2 is 2.22 bits per heavy atom. The van der Waals surface area contributed by atoms with Gasteiger partial charge in [-0.2, -0.15) is 0 Å². The molecule has 0 aliphatic carbocycles. The summed E-state index contributed by atoms with van der Waals surface area (Å²) in [6, 6.07) is 8.51. The lowest BCUT2D eigenvalue weighted by Gasteiger charge is -2.24. The van der Waals surface area contributed by atoms with Gasteiger partial charge in [0.2, 0.25) is 5.13 Å². The molecule has 8 heteroatoms. The number of nitrogens with one attached hydrogen (secondary N) is 1. The second kappa shape index (κ2) is 7.98. The molecule has 140 valence electrons. The maximum Gasteiger partial charge on any atom is 0.211 e. The fourth-order valence-electron chi connectivity index (χ4n) is 3.41. The molecule has 0 saturated carbocycles. The number of methoxy groups -OCH3 is 1. The fraction of sp³-hybridized carbons (Fsp3) is 0.368. The Balaban J connectivity index is 1.50. The highest BCUT2D eigenvalue weighted by atomic mass is 32.1. The van der Waals surface area contributed by atoms with Crippen LogP contribution < -0.4 is 10.1 Å². The van der Waals surface area contributed by atoms with Crippen LogP contribution in [0.15, 0.2) is 36.7 Å². The standard InChI is InChI=1S/C19H22N6OS/c1-13-23-24-19(27-13)22-18-11-20-10-16(21-18)17-7-4-8-25(17)12-14-5-3-6-15(9-14)26-2/h3,5-6,9-11,17H,4,7-8,12H2,1-2H3,(H,21,22,24). The molecule has 1 aromatic carbocycles. The zero-order valence-electron chi connectivity index (χ0n) is 15.4. The van der Waals surface area contributed by atoms with Crippen molar-refractivity contribution in [2.24, 2.45) is 0 Å². The van der Waals surface area contributed by atoms with E-state index < -0.39 is 0 Å². The van der Waals surface area contributed by atoms with Crippen molar-refractivity contribution in [3.63, 3.8) is 0 Å². The van der Waals surface area contributed by atoms with Crippen molar-refractivity contribution in [1.82, 2.24) is 25.1 Å². The van der Waals surface area contributed by atoms with Crippen LogP contribution in [-0.4, -0.2) is 38.7 Å². The van der Waals surface area contributed by atoms with Crippen molar-refractivity contribution in [3.8, 4) is 5.75 Å². The van der Waals surface area contributed by atoms with Crippen LogP contribution in [0.5, 0.6) is 5.75 Å². The van der Waals surface area contributed by atoms with E-state index in [4.69, 9.17) is 9.72 Å². The Morgan fingerprint density at radius 3 is 3.04 bits per heavy atom. The molecule has 1 atom stereocenters. The number of nitrogens with zero attached hydrogens (tertiary/aromatic N) is 5. The van der Waals surface area contributed by atoms with Crippen LogP contribution in [0.3, 0.4) is 0 Å². The smallest absolute Gasteiger partial charge is 0.211 e. The summed E-state index contributed by atoms with van der Waals surface area (Å²) < 4.78 is 5.35. The van der Waals surface area contributed by atoms with Crippen LogP contribution in [0.4, 0.5) is 10.9 Å². The maximum atomic E-state index is 5.35. The van der Waals surface area contributed by atoms with Crippen LogP contribution in [0.25, 0.3) is 0 Å². The largest absolute Gasteiger partial charge is 0.497 e. The van der Waals surface area contributed by atoms with Crippen molar-refractivity contribution < 1.29 is 4.74 Å². The summed E-state index contributed by atoms with van der Waals surface area (Å²) in [5.74, 6) is 1.60. The van der Waals surface area contributed by atoms with Crippen LogP contribution in [0.1, 0.15) is 35.1 Å². The number of benzene rings is 1. The average Bonchev–Trinajstić information content (AvgIpc) is 3.31. The molecule has 1 saturated heterocycles. The molecule has 4 rings (SSSR count). The number of hydrogen-bond acceptors (Lipinski definition) is 8. The molecule has 27 heavy (non-hydrogen) atoms. The lowest BCUT2D eigenvalue weighted by molar-refractivity contribution is 0.244. The van der Waals surface area contributed by atoms with Gasteiger partial charge in [-0.25, -0.2) is 4.98 Å². The highest BCUT2D eigenvalue weighted by Crippen LogP contribution is 2.33. The van der Waals surface area contributed by atoms with Gasteiger partial charge in [-0.05, 0) is 44.0 Å². The molecule has 0 bridgehead atoms. The van der Waals surface area contributed by atoms with E-state index in [9.17, 15) is 0 Å². The number of aryl methyl sites for hydroxylation is 1. The first kappa shape index (κ1) is 17.8. The van der Waals surface area contributed by atoms with E-state index >= 15 is 0 Å². The average molecular weight is 382 g/mol. The molecule has 3 heterocycles. The zero-order chi connectivity index (χ0) is 18.6. The number of anilines is 2. The highest BCUT2D eigenvalue weighted by Gasteiger charge is 2.27. The Kier molecular flexibility index (Phi) is 5.26. The molecule has 3 aromatic rings. The van der Waals surface area contributed by atoms with Gasteiger partial charge in [0.25, 0.3) is 0 Å². The third-order valence-corrected chi connectivity index (χ3v) is 5.39. The molecule has 0 radical (unpaired) electrons. The number of ether oxygens (including phenoxy) is 1. The molecule has 1 aliphatic heterocycles. The zero-order valence-corrected chi connectivity index (χ0v) is 16.2. The first-order chi connectivity index (χ1) is 13.2.